The van der Waals surface area contributed by atoms with Crippen molar-refractivity contribution in [2.75, 3.05) is 5.32 Å². The van der Waals surface area contributed by atoms with E-state index < -0.39 is 11.6 Å². The number of ether oxygens (including phenoxy) is 1. The first kappa shape index (κ1) is 14.2. The summed E-state index contributed by atoms with van der Waals surface area (Å²) >= 11 is 0. The highest BCUT2D eigenvalue weighted by molar-refractivity contribution is 5.38. The molecule has 6 heteroatoms. The predicted molar refractivity (Wildman–Crippen MR) is 71.5 cm³/mol. The number of hydrogen-bond acceptors (Lipinski definition) is 4. The molecule has 0 aliphatic carbocycles. The van der Waals surface area contributed by atoms with Gasteiger partial charge in [-0.05, 0) is 19.9 Å². The molecule has 0 aliphatic heterocycles. The van der Waals surface area contributed by atoms with Crippen LogP contribution in [0.1, 0.15) is 19.4 Å². The summed E-state index contributed by atoms with van der Waals surface area (Å²) in [5.41, 5.74) is 0.770. The summed E-state index contributed by atoms with van der Waals surface area (Å²) in [4.78, 5) is 7.79. The van der Waals surface area contributed by atoms with E-state index in [0.717, 1.165) is 17.8 Å². The number of nitrogens with zero attached hydrogens (tertiary/aromatic N) is 2. The number of halogens is 2. The van der Waals surface area contributed by atoms with Gasteiger partial charge in [-0.3, -0.25) is 0 Å². The Balaban J connectivity index is 2.10. The average Bonchev–Trinajstić information content (AvgIpc) is 2.39. The van der Waals surface area contributed by atoms with Crippen molar-refractivity contribution in [1.29, 1.82) is 0 Å². The molecule has 0 aliphatic rings. The van der Waals surface area contributed by atoms with Crippen molar-refractivity contribution in [2.24, 2.45) is 0 Å². The molecule has 0 bridgehead atoms. The van der Waals surface area contributed by atoms with Crippen LogP contribution in [-0.2, 0) is 6.54 Å². The van der Waals surface area contributed by atoms with Crippen LogP contribution in [0.2, 0.25) is 0 Å². The molecule has 0 aromatic carbocycles. The molecule has 2 aromatic heterocycles. The second-order valence-corrected chi connectivity index (χ2v) is 4.47. The van der Waals surface area contributed by atoms with Crippen LogP contribution in [0.15, 0.2) is 30.6 Å². The standard InChI is InChI=1S/C14H15F2N3O/c1-9(2)20-14-10(4-3-5-17-14)7-18-13-12(16)6-11(15)8-19-13/h3-6,8-9H,7H2,1-2H3,(H,18,19). The van der Waals surface area contributed by atoms with E-state index in [9.17, 15) is 8.78 Å². The van der Waals surface area contributed by atoms with Gasteiger partial charge in [-0.25, -0.2) is 18.7 Å². The zero-order chi connectivity index (χ0) is 14.5. The van der Waals surface area contributed by atoms with Gasteiger partial charge in [0.1, 0.15) is 5.82 Å². The zero-order valence-electron chi connectivity index (χ0n) is 11.2. The van der Waals surface area contributed by atoms with Crippen molar-refractivity contribution in [3.63, 3.8) is 0 Å². The van der Waals surface area contributed by atoms with Gasteiger partial charge in [-0.15, -0.1) is 0 Å². The van der Waals surface area contributed by atoms with E-state index >= 15 is 0 Å². The molecule has 4 nitrogen and oxygen atoms in total. The maximum Gasteiger partial charge on any atom is 0.218 e. The molecule has 0 fully saturated rings. The highest BCUT2D eigenvalue weighted by Crippen LogP contribution is 2.18. The van der Waals surface area contributed by atoms with Crippen molar-refractivity contribution in [1.82, 2.24) is 9.97 Å². The highest BCUT2D eigenvalue weighted by atomic mass is 19.1. The molecule has 0 radical (unpaired) electrons. The molecule has 0 saturated heterocycles. The van der Waals surface area contributed by atoms with Crippen LogP contribution in [0.5, 0.6) is 5.88 Å². The van der Waals surface area contributed by atoms with E-state index in [2.05, 4.69) is 15.3 Å². The van der Waals surface area contributed by atoms with Crippen LogP contribution in [0.4, 0.5) is 14.6 Å². The minimum atomic E-state index is -0.736. The van der Waals surface area contributed by atoms with Crippen molar-refractivity contribution < 1.29 is 13.5 Å². The van der Waals surface area contributed by atoms with E-state index in [1.165, 1.54) is 0 Å². The van der Waals surface area contributed by atoms with Gasteiger partial charge in [0.25, 0.3) is 0 Å². The van der Waals surface area contributed by atoms with Crippen molar-refractivity contribution >= 4 is 5.82 Å². The third kappa shape index (κ3) is 3.63. The zero-order valence-corrected chi connectivity index (χ0v) is 11.2. The summed E-state index contributed by atoms with van der Waals surface area (Å²) in [6.07, 6.45) is 2.57. The summed E-state index contributed by atoms with van der Waals surface area (Å²) in [5, 5.41) is 2.80. The Labute approximate surface area is 115 Å². The van der Waals surface area contributed by atoms with Gasteiger partial charge in [0.15, 0.2) is 11.6 Å². The largest absolute Gasteiger partial charge is 0.475 e. The molecule has 0 atom stereocenters. The van der Waals surface area contributed by atoms with Crippen LogP contribution >= 0.6 is 0 Å². The van der Waals surface area contributed by atoms with E-state index in [4.69, 9.17) is 4.74 Å². The monoisotopic (exact) mass is 279 g/mol. The smallest absolute Gasteiger partial charge is 0.218 e. The molecule has 2 heterocycles. The second kappa shape index (κ2) is 6.27. The van der Waals surface area contributed by atoms with E-state index in [-0.39, 0.29) is 18.5 Å². The van der Waals surface area contributed by atoms with Gasteiger partial charge in [0, 0.05) is 24.4 Å². The summed E-state index contributed by atoms with van der Waals surface area (Å²) in [6.45, 7) is 4.08. The molecule has 0 unspecified atom stereocenters. The lowest BCUT2D eigenvalue weighted by atomic mass is 10.2. The fraction of sp³-hybridized carbons (Fsp3) is 0.286. The summed E-state index contributed by atoms with van der Waals surface area (Å²) in [6, 6.07) is 4.36. The molecule has 0 spiro atoms. The first-order valence-corrected chi connectivity index (χ1v) is 6.21. The number of rotatable bonds is 5. The van der Waals surface area contributed by atoms with E-state index in [1.54, 1.807) is 12.3 Å². The van der Waals surface area contributed by atoms with Crippen molar-refractivity contribution in [3.05, 3.63) is 47.8 Å². The topological polar surface area (TPSA) is 47.0 Å². The maximum atomic E-state index is 13.5. The van der Waals surface area contributed by atoms with Gasteiger partial charge in [0.05, 0.1) is 12.3 Å². The molecule has 0 amide bonds. The van der Waals surface area contributed by atoms with Gasteiger partial charge in [-0.1, -0.05) is 6.07 Å². The fourth-order valence-corrected chi connectivity index (χ4v) is 1.61. The molecule has 2 rings (SSSR count). The Morgan fingerprint density at radius 1 is 1.30 bits per heavy atom. The van der Waals surface area contributed by atoms with E-state index in [0.29, 0.717) is 5.88 Å². The van der Waals surface area contributed by atoms with Crippen molar-refractivity contribution in [2.45, 2.75) is 26.5 Å². The molecule has 106 valence electrons. The first-order chi connectivity index (χ1) is 9.56. The summed E-state index contributed by atoms with van der Waals surface area (Å²) in [7, 11) is 0. The van der Waals surface area contributed by atoms with Crippen LogP contribution in [0.25, 0.3) is 0 Å². The molecule has 2 aromatic rings. The quantitative estimate of drug-likeness (QED) is 0.913. The summed E-state index contributed by atoms with van der Waals surface area (Å²) < 4.78 is 31.8. The Kier molecular flexibility index (Phi) is 4.45. The average molecular weight is 279 g/mol. The van der Waals surface area contributed by atoms with Crippen LogP contribution < -0.4 is 10.1 Å². The van der Waals surface area contributed by atoms with Gasteiger partial charge >= 0.3 is 0 Å². The number of nitrogens with one attached hydrogen (secondary N) is 1. The first-order valence-electron chi connectivity index (χ1n) is 6.21. The Bertz CT molecular complexity index is 590. The minimum absolute atomic E-state index is 0.00856. The van der Waals surface area contributed by atoms with Gasteiger partial charge in [0.2, 0.25) is 5.88 Å². The SMILES string of the molecule is CC(C)Oc1ncccc1CNc1ncc(F)cc1F. The Morgan fingerprint density at radius 2 is 2.10 bits per heavy atom. The number of aromatic nitrogens is 2. The lowest BCUT2D eigenvalue weighted by Crippen LogP contribution is -2.11. The molecular weight excluding hydrogens is 264 g/mol. The minimum Gasteiger partial charge on any atom is -0.475 e. The normalized spacial score (nSPS) is 10.7. The van der Waals surface area contributed by atoms with Crippen molar-refractivity contribution in [3.8, 4) is 5.88 Å². The number of hydrogen-bond donors (Lipinski definition) is 1. The summed E-state index contributed by atoms with van der Waals surface area (Å²) in [5.74, 6) is -0.971. The number of pyridine rings is 2. The Hall–Kier alpha value is -2.24. The number of anilines is 1. The van der Waals surface area contributed by atoms with E-state index in [1.807, 2.05) is 19.9 Å². The predicted octanol–water partition coefficient (Wildman–Crippen LogP) is 3.15. The maximum absolute atomic E-state index is 13.5. The highest BCUT2D eigenvalue weighted by Gasteiger charge is 2.09. The second-order valence-electron chi connectivity index (χ2n) is 4.47. The fourth-order valence-electron chi connectivity index (χ4n) is 1.61. The van der Waals surface area contributed by atoms with Crippen LogP contribution in [-0.4, -0.2) is 16.1 Å². The third-order valence-electron chi connectivity index (χ3n) is 2.45. The third-order valence-corrected chi connectivity index (χ3v) is 2.45. The molecular formula is C14H15F2N3O. The lowest BCUT2D eigenvalue weighted by Gasteiger charge is -2.13. The van der Waals surface area contributed by atoms with Gasteiger partial charge < -0.3 is 10.1 Å². The Morgan fingerprint density at radius 3 is 2.80 bits per heavy atom. The molecule has 0 saturated carbocycles. The van der Waals surface area contributed by atoms with Gasteiger partial charge in [-0.2, -0.15) is 0 Å². The lowest BCUT2D eigenvalue weighted by molar-refractivity contribution is 0.230. The van der Waals surface area contributed by atoms with Crippen LogP contribution in [0, 0.1) is 11.6 Å². The molecule has 1 N–H and O–H groups in total. The molecule has 20 heavy (non-hydrogen) atoms. The van der Waals surface area contributed by atoms with Crippen LogP contribution in [0.3, 0.4) is 0 Å².